The summed E-state index contributed by atoms with van der Waals surface area (Å²) in [6.45, 7) is 0.880. The summed E-state index contributed by atoms with van der Waals surface area (Å²) in [6, 6.07) is 8.79. The van der Waals surface area contributed by atoms with Crippen LogP contribution in [0.15, 0.2) is 24.3 Å². The first kappa shape index (κ1) is 15.9. The molecule has 0 aromatic heterocycles. The molecule has 3 rings (SSSR count). The summed E-state index contributed by atoms with van der Waals surface area (Å²) in [5.74, 6) is 3.08. The van der Waals surface area contributed by atoms with Crippen LogP contribution in [-0.2, 0) is 6.42 Å². The van der Waals surface area contributed by atoms with E-state index in [1.807, 2.05) is 0 Å². The molecule has 122 valence electrons. The van der Waals surface area contributed by atoms with Gasteiger partial charge in [0, 0.05) is 0 Å². The maximum Gasteiger partial charge on any atom is 0.119 e. The first-order valence-electron chi connectivity index (χ1n) is 9.62. The number of rotatable bonds is 10. The van der Waals surface area contributed by atoms with Crippen LogP contribution in [0.3, 0.4) is 0 Å². The fourth-order valence-corrected chi connectivity index (χ4v) is 3.75. The van der Waals surface area contributed by atoms with E-state index < -0.39 is 0 Å². The lowest BCUT2D eigenvalue weighted by Gasteiger charge is -2.09. The van der Waals surface area contributed by atoms with E-state index in [4.69, 9.17) is 4.74 Å². The van der Waals surface area contributed by atoms with E-state index >= 15 is 0 Å². The van der Waals surface area contributed by atoms with Gasteiger partial charge in [0.05, 0.1) is 6.61 Å². The molecule has 0 radical (unpaired) electrons. The van der Waals surface area contributed by atoms with Gasteiger partial charge in [-0.2, -0.15) is 0 Å². The zero-order valence-corrected chi connectivity index (χ0v) is 14.1. The van der Waals surface area contributed by atoms with Crippen LogP contribution < -0.4 is 4.74 Å². The summed E-state index contributed by atoms with van der Waals surface area (Å²) in [7, 11) is 0. The molecule has 2 saturated carbocycles. The highest BCUT2D eigenvalue weighted by molar-refractivity contribution is 5.27. The Kier molecular flexibility index (Phi) is 6.21. The minimum Gasteiger partial charge on any atom is -0.494 e. The van der Waals surface area contributed by atoms with Crippen LogP contribution in [0.5, 0.6) is 5.75 Å². The van der Waals surface area contributed by atoms with Gasteiger partial charge >= 0.3 is 0 Å². The third-order valence-corrected chi connectivity index (χ3v) is 5.39. The van der Waals surface area contributed by atoms with Gasteiger partial charge in [0.2, 0.25) is 0 Å². The summed E-state index contributed by atoms with van der Waals surface area (Å²) in [5.41, 5.74) is 1.47. The van der Waals surface area contributed by atoms with Gasteiger partial charge in [0.15, 0.2) is 0 Å². The number of hydrogen-bond acceptors (Lipinski definition) is 1. The van der Waals surface area contributed by atoms with Gasteiger partial charge in [0.1, 0.15) is 5.75 Å². The lowest BCUT2D eigenvalue weighted by Crippen LogP contribution is -1.98. The van der Waals surface area contributed by atoms with Gasteiger partial charge in [-0.3, -0.25) is 0 Å². The summed E-state index contributed by atoms with van der Waals surface area (Å²) in [4.78, 5) is 0. The Morgan fingerprint density at radius 3 is 2.23 bits per heavy atom. The van der Waals surface area contributed by atoms with E-state index in [1.54, 1.807) is 0 Å². The molecule has 0 amide bonds. The van der Waals surface area contributed by atoms with Gasteiger partial charge in [-0.15, -0.1) is 0 Å². The lowest BCUT2D eigenvalue weighted by molar-refractivity contribution is 0.303. The molecule has 2 fully saturated rings. The van der Waals surface area contributed by atoms with Crippen molar-refractivity contribution in [3.05, 3.63) is 29.8 Å². The SMILES string of the molecule is c1cc(OCCCCCCC2CCCC2)ccc1CC1CC1. The maximum atomic E-state index is 5.86. The Hall–Kier alpha value is -0.980. The normalized spacial score (nSPS) is 18.7. The van der Waals surface area contributed by atoms with E-state index in [2.05, 4.69) is 24.3 Å². The zero-order valence-electron chi connectivity index (χ0n) is 14.1. The summed E-state index contributed by atoms with van der Waals surface area (Å²) in [5, 5.41) is 0. The minimum absolute atomic E-state index is 0.880. The molecule has 0 heterocycles. The van der Waals surface area contributed by atoms with Gasteiger partial charge in [-0.25, -0.2) is 0 Å². The fraction of sp³-hybridized carbons (Fsp3) is 0.714. The number of ether oxygens (including phenoxy) is 1. The third-order valence-electron chi connectivity index (χ3n) is 5.39. The van der Waals surface area contributed by atoms with Crippen LogP contribution in [0.2, 0.25) is 0 Å². The second kappa shape index (κ2) is 8.60. The Morgan fingerprint density at radius 2 is 1.50 bits per heavy atom. The minimum atomic E-state index is 0.880. The molecule has 0 aliphatic heterocycles. The van der Waals surface area contributed by atoms with Crippen LogP contribution in [0.1, 0.15) is 76.2 Å². The van der Waals surface area contributed by atoms with Gasteiger partial charge in [-0.1, -0.05) is 63.5 Å². The Morgan fingerprint density at radius 1 is 0.773 bits per heavy atom. The van der Waals surface area contributed by atoms with Crippen LogP contribution in [0.25, 0.3) is 0 Å². The average Bonchev–Trinajstić information content (AvgIpc) is 3.20. The molecule has 0 bridgehead atoms. The van der Waals surface area contributed by atoms with Crippen molar-refractivity contribution in [2.24, 2.45) is 11.8 Å². The number of benzene rings is 1. The number of hydrogen-bond donors (Lipinski definition) is 0. The van der Waals surface area contributed by atoms with Crippen molar-refractivity contribution in [3.8, 4) is 5.75 Å². The first-order chi connectivity index (χ1) is 10.9. The first-order valence-corrected chi connectivity index (χ1v) is 9.62. The molecule has 1 heteroatoms. The van der Waals surface area contributed by atoms with Crippen LogP contribution in [-0.4, -0.2) is 6.61 Å². The highest BCUT2D eigenvalue weighted by Gasteiger charge is 2.21. The predicted molar refractivity (Wildman–Crippen MR) is 93.4 cm³/mol. The van der Waals surface area contributed by atoms with Crippen molar-refractivity contribution in [1.29, 1.82) is 0 Å². The largest absolute Gasteiger partial charge is 0.494 e. The molecule has 1 aromatic carbocycles. The molecular weight excluding hydrogens is 268 g/mol. The van der Waals surface area contributed by atoms with E-state index in [1.165, 1.54) is 82.6 Å². The fourth-order valence-electron chi connectivity index (χ4n) is 3.75. The van der Waals surface area contributed by atoms with E-state index in [-0.39, 0.29) is 0 Å². The molecule has 0 spiro atoms. The van der Waals surface area contributed by atoms with Gasteiger partial charge < -0.3 is 4.74 Å². The third kappa shape index (κ3) is 5.66. The molecule has 0 saturated heterocycles. The Balaban J connectivity index is 1.20. The van der Waals surface area contributed by atoms with Gasteiger partial charge in [0.25, 0.3) is 0 Å². The smallest absolute Gasteiger partial charge is 0.119 e. The number of unbranched alkanes of at least 4 members (excludes halogenated alkanes) is 3. The standard InChI is InChI=1S/C21H32O/c1(3-7-18-8-4-5-9-18)2-6-16-22-21-14-12-20(13-15-21)17-19-10-11-19/h12-15,18-19H,1-11,16-17H2. The zero-order chi connectivity index (χ0) is 15.0. The molecular formula is C21H32O. The van der Waals surface area contributed by atoms with E-state index in [9.17, 15) is 0 Å². The average molecular weight is 300 g/mol. The van der Waals surface area contributed by atoms with Gasteiger partial charge in [-0.05, 0) is 55.2 Å². The second-order valence-corrected chi connectivity index (χ2v) is 7.49. The van der Waals surface area contributed by atoms with E-state index in [0.29, 0.717) is 0 Å². The maximum absolute atomic E-state index is 5.86. The van der Waals surface area contributed by atoms with Crippen molar-refractivity contribution in [1.82, 2.24) is 0 Å². The molecule has 2 aliphatic rings. The Labute approximate surface area is 136 Å². The van der Waals surface area contributed by atoms with Crippen molar-refractivity contribution in [3.63, 3.8) is 0 Å². The van der Waals surface area contributed by atoms with Crippen LogP contribution in [0, 0.1) is 11.8 Å². The highest BCUT2D eigenvalue weighted by atomic mass is 16.5. The predicted octanol–water partition coefficient (Wildman–Crippen LogP) is 6.16. The Bertz CT molecular complexity index is 412. The molecule has 1 aromatic rings. The van der Waals surface area contributed by atoms with E-state index in [0.717, 1.165) is 24.2 Å². The molecule has 0 unspecified atom stereocenters. The molecule has 2 aliphatic carbocycles. The molecule has 0 N–H and O–H groups in total. The topological polar surface area (TPSA) is 9.23 Å². The van der Waals surface area contributed by atoms with Crippen LogP contribution in [0.4, 0.5) is 0 Å². The van der Waals surface area contributed by atoms with Crippen molar-refractivity contribution >= 4 is 0 Å². The van der Waals surface area contributed by atoms with Crippen LogP contribution >= 0.6 is 0 Å². The second-order valence-electron chi connectivity index (χ2n) is 7.49. The summed E-state index contributed by atoms with van der Waals surface area (Å²) < 4.78 is 5.86. The molecule has 0 atom stereocenters. The quantitative estimate of drug-likeness (QED) is 0.470. The summed E-state index contributed by atoms with van der Waals surface area (Å²) in [6.07, 6.45) is 16.9. The van der Waals surface area contributed by atoms with Crippen molar-refractivity contribution < 1.29 is 4.74 Å². The lowest BCUT2D eigenvalue weighted by atomic mass is 9.99. The highest BCUT2D eigenvalue weighted by Crippen LogP contribution is 2.33. The summed E-state index contributed by atoms with van der Waals surface area (Å²) >= 11 is 0. The van der Waals surface area contributed by atoms with Crippen molar-refractivity contribution in [2.45, 2.75) is 77.0 Å². The molecule has 1 nitrogen and oxygen atoms in total. The monoisotopic (exact) mass is 300 g/mol. The molecule has 22 heavy (non-hydrogen) atoms. The van der Waals surface area contributed by atoms with Crippen molar-refractivity contribution in [2.75, 3.05) is 6.61 Å².